The van der Waals surface area contributed by atoms with Crippen LogP contribution in [-0.2, 0) is 6.54 Å². The van der Waals surface area contributed by atoms with Crippen LogP contribution in [0.25, 0.3) is 0 Å². The van der Waals surface area contributed by atoms with E-state index in [9.17, 15) is 4.79 Å². The lowest BCUT2D eigenvalue weighted by molar-refractivity contribution is 0.240. The molecule has 1 aromatic heterocycles. The summed E-state index contributed by atoms with van der Waals surface area (Å²) < 4.78 is 4.84. The Balaban J connectivity index is 1.73. The number of likely N-dealkylation sites (N-methyl/N-ethyl adjacent to an activating group) is 1. The second-order valence-corrected chi connectivity index (χ2v) is 5.26. The van der Waals surface area contributed by atoms with E-state index >= 15 is 0 Å². The molecule has 2 rings (SSSR count). The summed E-state index contributed by atoms with van der Waals surface area (Å²) in [7, 11) is 0. The van der Waals surface area contributed by atoms with Crippen molar-refractivity contribution in [3.8, 4) is 0 Å². The summed E-state index contributed by atoms with van der Waals surface area (Å²) in [4.78, 5) is 18.0. The topological polar surface area (TPSA) is 83.3 Å². The number of benzene rings is 1. The molecule has 2 N–H and O–H groups in total. The van der Waals surface area contributed by atoms with Gasteiger partial charge in [-0.25, -0.2) is 4.79 Å². The highest BCUT2D eigenvalue weighted by atomic mass is 16.5. The van der Waals surface area contributed by atoms with E-state index in [0.29, 0.717) is 18.3 Å². The fraction of sp³-hybridized carbons (Fsp3) is 0.438. The molecule has 2 aromatic rings. The maximum atomic E-state index is 11.8. The minimum absolute atomic E-state index is 0.243. The molecule has 0 unspecified atom stereocenters. The molecule has 0 atom stereocenters. The minimum atomic E-state index is -0.243. The number of nitrogens with zero attached hydrogens (tertiary/aromatic N) is 3. The van der Waals surface area contributed by atoms with Crippen molar-refractivity contribution in [2.75, 3.05) is 24.5 Å². The highest BCUT2D eigenvalue weighted by Crippen LogP contribution is 2.14. The van der Waals surface area contributed by atoms with Crippen LogP contribution in [0.1, 0.15) is 24.2 Å². The molecule has 0 aliphatic rings. The Hall–Kier alpha value is -2.57. The van der Waals surface area contributed by atoms with Gasteiger partial charge < -0.3 is 20.1 Å². The van der Waals surface area contributed by atoms with Gasteiger partial charge in [0.15, 0.2) is 5.82 Å². The number of hydrogen-bond acceptors (Lipinski definition) is 5. The van der Waals surface area contributed by atoms with E-state index < -0.39 is 0 Å². The van der Waals surface area contributed by atoms with Gasteiger partial charge in [0.2, 0.25) is 5.89 Å². The second-order valence-electron chi connectivity index (χ2n) is 5.26. The van der Waals surface area contributed by atoms with E-state index in [1.165, 1.54) is 5.56 Å². The smallest absolute Gasteiger partial charge is 0.315 e. The molecule has 2 amide bonds. The number of aryl methyl sites for hydroxylation is 2. The molecule has 0 fully saturated rings. The van der Waals surface area contributed by atoms with Crippen molar-refractivity contribution < 1.29 is 9.32 Å². The quantitative estimate of drug-likeness (QED) is 0.816. The van der Waals surface area contributed by atoms with Crippen LogP contribution >= 0.6 is 0 Å². The molecular formula is C16H23N5O2. The van der Waals surface area contributed by atoms with Crippen LogP contribution in [-0.4, -0.2) is 35.8 Å². The Labute approximate surface area is 136 Å². The summed E-state index contributed by atoms with van der Waals surface area (Å²) in [6.45, 7) is 8.31. The van der Waals surface area contributed by atoms with Gasteiger partial charge in [0.1, 0.15) is 0 Å². The van der Waals surface area contributed by atoms with Crippen molar-refractivity contribution >= 4 is 11.7 Å². The number of amides is 2. The third-order valence-electron chi connectivity index (χ3n) is 3.39. The lowest BCUT2D eigenvalue weighted by Crippen LogP contribution is -2.40. The first kappa shape index (κ1) is 16.8. The molecule has 23 heavy (non-hydrogen) atoms. The van der Waals surface area contributed by atoms with E-state index in [-0.39, 0.29) is 12.6 Å². The van der Waals surface area contributed by atoms with Crippen molar-refractivity contribution in [1.82, 2.24) is 20.8 Å². The zero-order valence-corrected chi connectivity index (χ0v) is 13.8. The predicted molar refractivity (Wildman–Crippen MR) is 88.3 cm³/mol. The highest BCUT2D eigenvalue weighted by Gasteiger charge is 2.07. The van der Waals surface area contributed by atoms with Crippen LogP contribution in [0.2, 0.25) is 0 Å². The number of carbonyl (C=O) groups is 1. The first-order valence-corrected chi connectivity index (χ1v) is 7.71. The van der Waals surface area contributed by atoms with Gasteiger partial charge in [0.25, 0.3) is 0 Å². The zero-order chi connectivity index (χ0) is 16.7. The summed E-state index contributed by atoms with van der Waals surface area (Å²) in [5.41, 5.74) is 2.39. The monoisotopic (exact) mass is 317 g/mol. The Morgan fingerprint density at radius 2 is 2.13 bits per heavy atom. The van der Waals surface area contributed by atoms with Gasteiger partial charge in [-0.3, -0.25) is 0 Å². The van der Waals surface area contributed by atoms with Crippen LogP contribution in [0.15, 0.2) is 28.8 Å². The van der Waals surface area contributed by atoms with E-state index in [0.717, 1.165) is 18.8 Å². The Kier molecular flexibility index (Phi) is 5.96. The normalized spacial score (nSPS) is 10.4. The lowest BCUT2D eigenvalue weighted by Gasteiger charge is -2.23. The van der Waals surface area contributed by atoms with Gasteiger partial charge in [-0.1, -0.05) is 17.3 Å². The highest BCUT2D eigenvalue weighted by molar-refractivity contribution is 5.73. The predicted octanol–water partition coefficient (Wildman–Crippen LogP) is 2.01. The fourth-order valence-electron chi connectivity index (χ4n) is 2.23. The molecule has 1 aromatic carbocycles. The molecule has 0 bridgehead atoms. The molecule has 1 heterocycles. The third-order valence-corrected chi connectivity index (χ3v) is 3.39. The average Bonchev–Trinajstić information content (AvgIpc) is 2.95. The first-order valence-electron chi connectivity index (χ1n) is 7.71. The Morgan fingerprint density at radius 1 is 1.30 bits per heavy atom. The minimum Gasteiger partial charge on any atom is -0.370 e. The first-order chi connectivity index (χ1) is 11.1. The number of rotatable bonds is 7. The van der Waals surface area contributed by atoms with E-state index in [1.807, 2.05) is 6.07 Å². The van der Waals surface area contributed by atoms with Crippen LogP contribution in [0.4, 0.5) is 10.5 Å². The van der Waals surface area contributed by atoms with Crippen LogP contribution in [0.5, 0.6) is 0 Å². The van der Waals surface area contributed by atoms with Gasteiger partial charge >= 0.3 is 6.03 Å². The molecular weight excluding hydrogens is 294 g/mol. The summed E-state index contributed by atoms with van der Waals surface area (Å²) >= 11 is 0. The number of anilines is 1. The number of urea groups is 1. The van der Waals surface area contributed by atoms with Crippen molar-refractivity contribution in [2.24, 2.45) is 0 Å². The average molecular weight is 317 g/mol. The molecule has 0 radical (unpaired) electrons. The molecule has 7 heteroatoms. The SMILES string of the molecule is CCN(CCNC(=O)NCc1noc(C)n1)c1cccc(C)c1. The third kappa shape index (κ3) is 5.28. The van der Waals surface area contributed by atoms with E-state index in [4.69, 9.17) is 4.52 Å². The second kappa shape index (κ2) is 8.17. The van der Waals surface area contributed by atoms with Gasteiger partial charge in [-0.15, -0.1) is 0 Å². The number of aromatic nitrogens is 2. The summed E-state index contributed by atoms with van der Waals surface area (Å²) in [6.07, 6.45) is 0. The fourth-order valence-corrected chi connectivity index (χ4v) is 2.23. The van der Waals surface area contributed by atoms with Crippen LogP contribution < -0.4 is 15.5 Å². The maximum absolute atomic E-state index is 11.8. The Morgan fingerprint density at radius 3 is 2.78 bits per heavy atom. The molecule has 0 spiro atoms. The molecule has 124 valence electrons. The zero-order valence-electron chi connectivity index (χ0n) is 13.8. The number of carbonyl (C=O) groups excluding carboxylic acids is 1. The Bertz CT molecular complexity index is 641. The number of nitrogens with one attached hydrogen (secondary N) is 2. The van der Waals surface area contributed by atoms with Gasteiger partial charge in [0.05, 0.1) is 6.54 Å². The summed E-state index contributed by atoms with van der Waals surface area (Å²) in [6, 6.07) is 8.09. The molecule has 0 aliphatic carbocycles. The summed E-state index contributed by atoms with van der Waals surface area (Å²) in [5, 5.41) is 9.25. The number of hydrogen-bond donors (Lipinski definition) is 2. The van der Waals surface area contributed by atoms with Crippen molar-refractivity contribution in [2.45, 2.75) is 27.3 Å². The molecule has 7 nitrogen and oxygen atoms in total. The van der Waals surface area contributed by atoms with Crippen LogP contribution in [0.3, 0.4) is 0 Å². The largest absolute Gasteiger partial charge is 0.370 e. The van der Waals surface area contributed by atoms with E-state index in [2.05, 4.69) is 57.7 Å². The van der Waals surface area contributed by atoms with Gasteiger partial charge in [-0.2, -0.15) is 4.98 Å². The van der Waals surface area contributed by atoms with Crippen molar-refractivity contribution in [3.05, 3.63) is 41.5 Å². The lowest BCUT2D eigenvalue weighted by atomic mass is 10.2. The standard InChI is InChI=1S/C16H23N5O2/c1-4-21(14-7-5-6-12(2)10-14)9-8-17-16(22)18-11-15-19-13(3)23-20-15/h5-7,10H,4,8-9,11H2,1-3H3,(H2,17,18,22). The maximum Gasteiger partial charge on any atom is 0.315 e. The molecule has 0 aliphatic heterocycles. The molecule has 0 saturated heterocycles. The van der Waals surface area contributed by atoms with Gasteiger partial charge in [0, 0.05) is 32.2 Å². The molecule has 0 saturated carbocycles. The van der Waals surface area contributed by atoms with Crippen molar-refractivity contribution in [3.63, 3.8) is 0 Å². The van der Waals surface area contributed by atoms with Gasteiger partial charge in [-0.05, 0) is 31.5 Å². The van der Waals surface area contributed by atoms with E-state index in [1.54, 1.807) is 6.92 Å². The van der Waals surface area contributed by atoms with Crippen molar-refractivity contribution in [1.29, 1.82) is 0 Å². The summed E-state index contributed by atoms with van der Waals surface area (Å²) in [5.74, 6) is 0.951. The van der Waals surface area contributed by atoms with Crippen LogP contribution in [0, 0.1) is 13.8 Å².